The number of H-pyrrole nitrogens is 1. The van der Waals surface area contributed by atoms with Crippen molar-refractivity contribution in [1.29, 1.82) is 0 Å². The lowest BCUT2D eigenvalue weighted by atomic mass is 10.2. The van der Waals surface area contributed by atoms with Crippen LogP contribution in [0.25, 0.3) is 20.3 Å². The molecule has 9 heteroatoms. The Kier molecular flexibility index (Phi) is 5.52. The van der Waals surface area contributed by atoms with E-state index >= 15 is 0 Å². The van der Waals surface area contributed by atoms with Crippen molar-refractivity contribution in [3.8, 4) is 0 Å². The molecular weight excluding hydrogens is 455 g/mol. The second kappa shape index (κ2) is 8.31. The Morgan fingerprint density at radius 1 is 0.935 bits per heavy atom. The maximum atomic E-state index is 13.0. The number of nitrogens with one attached hydrogen (secondary N) is 1. The highest BCUT2D eigenvalue weighted by molar-refractivity contribution is 7.25. The Labute approximate surface area is 192 Å². The van der Waals surface area contributed by atoms with Crippen LogP contribution in [0.1, 0.15) is 0 Å². The van der Waals surface area contributed by atoms with Crippen molar-refractivity contribution < 1.29 is 0 Å². The normalized spacial score (nSPS) is 15.2. The van der Waals surface area contributed by atoms with Gasteiger partial charge in [0.1, 0.15) is 4.70 Å². The smallest absolute Gasteiger partial charge is 0.328 e. The molecule has 2 aromatic heterocycles. The molecular formula is C22H20Cl2N4O2S. The van der Waals surface area contributed by atoms with Gasteiger partial charge in [-0.2, -0.15) is 0 Å². The van der Waals surface area contributed by atoms with Crippen LogP contribution in [0.3, 0.4) is 0 Å². The summed E-state index contributed by atoms with van der Waals surface area (Å²) < 4.78 is 2.93. The number of aromatic nitrogens is 2. The molecule has 0 radical (unpaired) electrons. The second-order valence-electron chi connectivity index (χ2n) is 7.62. The number of fused-ring (bicyclic) bond motifs is 3. The number of hydrogen-bond donors (Lipinski definition) is 1. The van der Waals surface area contributed by atoms with Crippen molar-refractivity contribution in [2.24, 2.45) is 0 Å². The SMILES string of the molecule is O=c1[nH]c2c(sc3ccccc32)c(=O)n1CCN1CCN(c2ccc(Cl)c(Cl)c2)CC1. The zero-order valence-electron chi connectivity index (χ0n) is 16.6. The van der Waals surface area contributed by atoms with Crippen molar-refractivity contribution in [3.63, 3.8) is 0 Å². The van der Waals surface area contributed by atoms with Crippen LogP contribution in [0, 0.1) is 0 Å². The molecule has 0 unspecified atom stereocenters. The third kappa shape index (κ3) is 3.87. The van der Waals surface area contributed by atoms with Gasteiger partial charge in [-0.05, 0) is 24.3 Å². The number of piperazine rings is 1. The highest BCUT2D eigenvalue weighted by Crippen LogP contribution is 2.29. The predicted octanol–water partition coefficient (Wildman–Crippen LogP) is 4.03. The number of nitrogens with zero attached hydrogens (tertiary/aromatic N) is 3. The van der Waals surface area contributed by atoms with Gasteiger partial charge in [-0.25, -0.2) is 4.79 Å². The van der Waals surface area contributed by atoms with Crippen LogP contribution < -0.4 is 16.1 Å². The third-order valence-corrected chi connectivity index (χ3v) is 7.69. The molecule has 1 N–H and O–H groups in total. The molecule has 1 aliphatic heterocycles. The molecule has 3 heterocycles. The van der Waals surface area contributed by atoms with Crippen molar-refractivity contribution in [3.05, 3.63) is 73.3 Å². The lowest BCUT2D eigenvalue weighted by Crippen LogP contribution is -2.48. The summed E-state index contributed by atoms with van der Waals surface area (Å²) in [6.07, 6.45) is 0. The highest BCUT2D eigenvalue weighted by atomic mass is 35.5. The standard InChI is InChI=1S/C22H20Cl2N4O2S/c23-16-6-5-14(13-17(16)24)27-10-7-26(8-11-27)9-12-28-21(29)20-19(25-22(28)30)15-3-1-2-4-18(15)31-20/h1-6,13H,7-12H2,(H,25,30). The monoisotopic (exact) mass is 474 g/mol. The van der Waals surface area contributed by atoms with Crippen LogP contribution in [0.15, 0.2) is 52.1 Å². The highest BCUT2D eigenvalue weighted by Gasteiger charge is 2.19. The summed E-state index contributed by atoms with van der Waals surface area (Å²) >= 11 is 13.6. The van der Waals surface area contributed by atoms with Crippen molar-refractivity contribution in [2.45, 2.75) is 6.54 Å². The first-order chi connectivity index (χ1) is 15.0. The largest absolute Gasteiger partial charge is 0.369 e. The van der Waals surface area contributed by atoms with Crippen LogP contribution in [0.2, 0.25) is 10.0 Å². The number of rotatable bonds is 4. The van der Waals surface area contributed by atoms with Gasteiger partial charge < -0.3 is 9.88 Å². The first-order valence-corrected chi connectivity index (χ1v) is 11.7. The van der Waals surface area contributed by atoms with Gasteiger partial charge in [0.15, 0.2) is 0 Å². The molecule has 0 saturated carbocycles. The minimum absolute atomic E-state index is 0.214. The van der Waals surface area contributed by atoms with Crippen LogP contribution in [-0.4, -0.2) is 47.2 Å². The van der Waals surface area contributed by atoms with Crippen LogP contribution >= 0.6 is 34.5 Å². The molecule has 0 spiro atoms. The van der Waals surface area contributed by atoms with E-state index in [2.05, 4.69) is 14.8 Å². The fourth-order valence-corrected chi connectivity index (χ4v) is 5.46. The van der Waals surface area contributed by atoms with Gasteiger partial charge in [0.2, 0.25) is 0 Å². The Balaban J connectivity index is 1.29. The third-order valence-electron chi connectivity index (χ3n) is 5.79. The van der Waals surface area contributed by atoms with Crippen LogP contribution in [-0.2, 0) is 6.54 Å². The van der Waals surface area contributed by atoms with Gasteiger partial charge in [0, 0.05) is 55.0 Å². The zero-order valence-corrected chi connectivity index (χ0v) is 18.9. The molecule has 5 rings (SSSR count). The van der Waals surface area contributed by atoms with Gasteiger partial charge in [0.25, 0.3) is 5.56 Å². The molecule has 1 saturated heterocycles. The molecule has 0 atom stereocenters. The van der Waals surface area contributed by atoms with Crippen molar-refractivity contribution in [2.75, 3.05) is 37.6 Å². The first kappa shape index (κ1) is 20.6. The number of thiophene rings is 1. The summed E-state index contributed by atoms with van der Waals surface area (Å²) in [5.41, 5.74) is 1.13. The van der Waals surface area contributed by atoms with E-state index in [9.17, 15) is 9.59 Å². The Bertz CT molecular complexity index is 1390. The van der Waals surface area contributed by atoms with E-state index in [0.29, 0.717) is 33.4 Å². The van der Waals surface area contributed by atoms with Crippen LogP contribution in [0.5, 0.6) is 0 Å². The van der Waals surface area contributed by atoms with Gasteiger partial charge in [-0.1, -0.05) is 41.4 Å². The molecule has 0 amide bonds. The summed E-state index contributed by atoms with van der Waals surface area (Å²) in [6.45, 7) is 4.40. The zero-order chi connectivity index (χ0) is 21.5. The van der Waals surface area contributed by atoms with Gasteiger partial charge in [0.05, 0.1) is 15.6 Å². The molecule has 0 aliphatic carbocycles. The van der Waals surface area contributed by atoms with E-state index in [1.807, 2.05) is 42.5 Å². The Morgan fingerprint density at radius 2 is 1.71 bits per heavy atom. The van der Waals surface area contributed by atoms with Gasteiger partial charge in [-0.3, -0.25) is 14.3 Å². The van der Waals surface area contributed by atoms with Gasteiger partial charge >= 0.3 is 5.69 Å². The Morgan fingerprint density at radius 3 is 2.48 bits per heavy atom. The van der Waals surface area contributed by atoms with Gasteiger partial charge in [-0.15, -0.1) is 11.3 Å². The van der Waals surface area contributed by atoms with E-state index in [-0.39, 0.29) is 11.2 Å². The molecule has 1 aliphatic rings. The number of halogens is 2. The number of anilines is 1. The minimum atomic E-state index is -0.351. The first-order valence-electron chi connectivity index (χ1n) is 10.1. The molecule has 4 aromatic rings. The maximum Gasteiger partial charge on any atom is 0.328 e. The average Bonchev–Trinajstić information content (AvgIpc) is 3.15. The summed E-state index contributed by atoms with van der Waals surface area (Å²) in [6, 6.07) is 13.4. The summed E-state index contributed by atoms with van der Waals surface area (Å²) in [4.78, 5) is 33.1. The minimum Gasteiger partial charge on any atom is -0.369 e. The lowest BCUT2D eigenvalue weighted by molar-refractivity contribution is 0.246. The van der Waals surface area contributed by atoms with Crippen molar-refractivity contribution >= 4 is 60.5 Å². The fourth-order valence-electron chi connectivity index (χ4n) is 4.07. The molecule has 31 heavy (non-hydrogen) atoms. The molecule has 6 nitrogen and oxygen atoms in total. The lowest BCUT2D eigenvalue weighted by Gasteiger charge is -2.36. The number of benzene rings is 2. The molecule has 2 aromatic carbocycles. The van der Waals surface area contributed by atoms with E-state index in [1.165, 1.54) is 15.9 Å². The maximum absolute atomic E-state index is 13.0. The molecule has 160 valence electrons. The van der Waals surface area contributed by atoms with E-state index in [4.69, 9.17) is 23.2 Å². The number of aromatic amines is 1. The summed E-state index contributed by atoms with van der Waals surface area (Å²) in [5.74, 6) is 0. The average molecular weight is 475 g/mol. The predicted molar refractivity (Wildman–Crippen MR) is 129 cm³/mol. The molecule has 0 bridgehead atoms. The fraction of sp³-hybridized carbons (Fsp3) is 0.273. The molecule has 1 fully saturated rings. The van der Waals surface area contributed by atoms with Crippen LogP contribution in [0.4, 0.5) is 5.69 Å². The second-order valence-corrected chi connectivity index (χ2v) is 9.48. The van der Waals surface area contributed by atoms with E-state index in [0.717, 1.165) is 42.0 Å². The van der Waals surface area contributed by atoms with Crippen molar-refractivity contribution in [1.82, 2.24) is 14.5 Å². The summed E-state index contributed by atoms with van der Waals surface area (Å²) in [7, 11) is 0. The topological polar surface area (TPSA) is 61.3 Å². The summed E-state index contributed by atoms with van der Waals surface area (Å²) in [5, 5.41) is 2.02. The van der Waals surface area contributed by atoms with E-state index in [1.54, 1.807) is 0 Å². The Hall–Kier alpha value is -2.32. The van der Waals surface area contributed by atoms with E-state index < -0.39 is 0 Å². The number of hydrogen-bond acceptors (Lipinski definition) is 5. The quantitative estimate of drug-likeness (QED) is 0.484.